The lowest BCUT2D eigenvalue weighted by Crippen LogP contribution is -2.34. The molecule has 21 heavy (non-hydrogen) atoms. The van der Waals surface area contributed by atoms with Gasteiger partial charge in [0.2, 0.25) is 0 Å². The minimum absolute atomic E-state index is 0.283. The van der Waals surface area contributed by atoms with Gasteiger partial charge in [-0.25, -0.2) is 9.97 Å². The van der Waals surface area contributed by atoms with Crippen LogP contribution in [0.2, 0.25) is 0 Å². The van der Waals surface area contributed by atoms with Crippen molar-refractivity contribution < 1.29 is 4.74 Å². The van der Waals surface area contributed by atoms with Crippen molar-refractivity contribution in [2.45, 2.75) is 64.4 Å². The molecule has 5 heteroatoms. The standard InChI is InChI=1S/C16H26IN3O/c1-4-11-18-14-13(17)12(5-2)19-15(20-14)16(21-3)9-7-6-8-10-16/h4-11H2,1-3H3,(H,18,19,20). The Morgan fingerprint density at radius 2 is 1.90 bits per heavy atom. The van der Waals surface area contributed by atoms with Crippen LogP contribution >= 0.6 is 22.6 Å². The molecule has 0 spiro atoms. The van der Waals surface area contributed by atoms with Gasteiger partial charge in [-0.05, 0) is 48.3 Å². The van der Waals surface area contributed by atoms with Crippen molar-refractivity contribution >= 4 is 28.4 Å². The number of anilines is 1. The maximum atomic E-state index is 5.91. The topological polar surface area (TPSA) is 47.0 Å². The quantitative estimate of drug-likeness (QED) is 0.721. The van der Waals surface area contributed by atoms with Gasteiger partial charge < -0.3 is 10.1 Å². The molecular weight excluding hydrogens is 377 g/mol. The zero-order chi connectivity index (χ0) is 15.3. The van der Waals surface area contributed by atoms with Gasteiger partial charge in [0.05, 0.1) is 9.26 Å². The number of rotatable bonds is 6. The van der Waals surface area contributed by atoms with Crippen LogP contribution in [0.4, 0.5) is 5.82 Å². The lowest BCUT2D eigenvalue weighted by atomic mass is 9.84. The van der Waals surface area contributed by atoms with Gasteiger partial charge in [0.25, 0.3) is 0 Å². The van der Waals surface area contributed by atoms with Crippen LogP contribution < -0.4 is 5.32 Å². The molecule has 1 saturated carbocycles. The molecule has 1 aliphatic carbocycles. The Bertz CT molecular complexity index is 473. The summed E-state index contributed by atoms with van der Waals surface area (Å²) in [5.74, 6) is 1.85. The number of nitrogens with one attached hydrogen (secondary N) is 1. The number of ether oxygens (including phenoxy) is 1. The molecule has 0 atom stereocenters. The molecule has 0 bridgehead atoms. The minimum Gasteiger partial charge on any atom is -0.370 e. The Morgan fingerprint density at radius 3 is 2.48 bits per heavy atom. The van der Waals surface area contributed by atoms with Gasteiger partial charge in [-0.1, -0.05) is 33.1 Å². The summed E-state index contributed by atoms with van der Waals surface area (Å²) < 4.78 is 7.06. The number of aromatic nitrogens is 2. The molecule has 1 aromatic rings. The summed E-state index contributed by atoms with van der Waals surface area (Å²) in [6.07, 6.45) is 7.75. The molecular formula is C16H26IN3O. The molecule has 1 N–H and O–H groups in total. The van der Waals surface area contributed by atoms with Gasteiger partial charge in [0, 0.05) is 13.7 Å². The molecule has 0 saturated heterocycles. The predicted molar refractivity (Wildman–Crippen MR) is 94.7 cm³/mol. The molecule has 1 aliphatic rings. The van der Waals surface area contributed by atoms with E-state index in [1.54, 1.807) is 7.11 Å². The Labute approximate surface area is 141 Å². The molecule has 4 nitrogen and oxygen atoms in total. The van der Waals surface area contributed by atoms with E-state index in [0.717, 1.165) is 53.1 Å². The van der Waals surface area contributed by atoms with E-state index in [-0.39, 0.29) is 5.60 Å². The molecule has 0 aromatic carbocycles. The van der Waals surface area contributed by atoms with E-state index in [9.17, 15) is 0 Å². The molecule has 0 unspecified atom stereocenters. The van der Waals surface area contributed by atoms with Crippen molar-refractivity contribution in [2.24, 2.45) is 0 Å². The lowest BCUT2D eigenvalue weighted by Gasteiger charge is -2.35. The van der Waals surface area contributed by atoms with Gasteiger partial charge in [0.15, 0.2) is 5.82 Å². The van der Waals surface area contributed by atoms with E-state index < -0.39 is 0 Å². The summed E-state index contributed by atoms with van der Waals surface area (Å²) in [6.45, 7) is 5.26. The number of methoxy groups -OCH3 is 1. The predicted octanol–water partition coefficient (Wildman–Crippen LogP) is 4.27. The average molecular weight is 403 g/mol. The minimum atomic E-state index is -0.283. The van der Waals surface area contributed by atoms with Crippen LogP contribution in [0.25, 0.3) is 0 Å². The van der Waals surface area contributed by atoms with Crippen molar-refractivity contribution in [1.82, 2.24) is 9.97 Å². The third-order valence-corrected chi connectivity index (χ3v) is 5.39. The fourth-order valence-corrected chi connectivity index (χ4v) is 3.75. The zero-order valence-corrected chi connectivity index (χ0v) is 15.5. The first kappa shape index (κ1) is 16.9. The van der Waals surface area contributed by atoms with Gasteiger partial charge in [-0.2, -0.15) is 0 Å². The zero-order valence-electron chi connectivity index (χ0n) is 13.3. The number of hydrogen-bond donors (Lipinski definition) is 1. The summed E-state index contributed by atoms with van der Waals surface area (Å²) >= 11 is 2.36. The molecule has 1 aromatic heterocycles. The van der Waals surface area contributed by atoms with Crippen molar-refractivity contribution in [2.75, 3.05) is 19.0 Å². The normalized spacial score (nSPS) is 17.7. The van der Waals surface area contributed by atoms with Crippen LogP contribution in [0.5, 0.6) is 0 Å². The van der Waals surface area contributed by atoms with Crippen LogP contribution in [-0.4, -0.2) is 23.6 Å². The second-order valence-corrected chi connectivity index (χ2v) is 6.77. The molecule has 118 valence electrons. The summed E-state index contributed by atoms with van der Waals surface area (Å²) in [5, 5.41) is 3.44. The second kappa shape index (κ2) is 7.72. The van der Waals surface area contributed by atoms with Crippen LogP contribution in [0.15, 0.2) is 0 Å². The van der Waals surface area contributed by atoms with Gasteiger partial charge >= 0.3 is 0 Å². The SMILES string of the molecule is CCCNc1nc(C2(OC)CCCCC2)nc(CC)c1I. The van der Waals surface area contributed by atoms with Gasteiger partial charge in [0.1, 0.15) is 11.4 Å². The number of hydrogen-bond acceptors (Lipinski definition) is 4. The molecule has 1 fully saturated rings. The maximum absolute atomic E-state index is 5.91. The smallest absolute Gasteiger partial charge is 0.162 e. The van der Waals surface area contributed by atoms with Crippen LogP contribution in [0.1, 0.15) is 63.9 Å². The van der Waals surface area contributed by atoms with E-state index in [1.807, 2.05) is 0 Å². The van der Waals surface area contributed by atoms with Crippen molar-refractivity contribution in [3.8, 4) is 0 Å². The van der Waals surface area contributed by atoms with Crippen LogP contribution in [0.3, 0.4) is 0 Å². The van der Waals surface area contributed by atoms with E-state index in [4.69, 9.17) is 14.7 Å². The number of aryl methyl sites for hydroxylation is 1. The van der Waals surface area contributed by atoms with E-state index in [0.29, 0.717) is 0 Å². The van der Waals surface area contributed by atoms with Crippen molar-refractivity contribution in [3.05, 3.63) is 15.1 Å². The highest BCUT2D eigenvalue weighted by molar-refractivity contribution is 14.1. The Kier molecular flexibility index (Phi) is 6.22. The number of halogens is 1. The van der Waals surface area contributed by atoms with Crippen LogP contribution in [0, 0.1) is 3.57 Å². The highest BCUT2D eigenvalue weighted by atomic mass is 127. The highest BCUT2D eigenvalue weighted by Gasteiger charge is 2.37. The fourth-order valence-electron chi connectivity index (χ4n) is 2.93. The monoisotopic (exact) mass is 403 g/mol. The first-order valence-corrected chi connectivity index (χ1v) is 9.10. The first-order valence-electron chi connectivity index (χ1n) is 8.02. The summed E-state index contributed by atoms with van der Waals surface area (Å²) in [7, 11) is 1.80. The lowest BCUT2D eigenvalue weighted by molar-refractivity contribution is -0.0515. The molecule has 2 rings (SSSR count). The highest BCUT2D eigenvalue weighted by Crippen LogP contribution is 2.39. The van der Waals surface area contributed by atoms with Gasteiger partial charge in [-0.3, -0.25) is 0 Å². The largest absolute Gasteiger partial charge is 0.370 e. The summed E-state index contributed by atoms with van der Waals surface area (Å²) in [5.41, 5.74) is 0.844. The second-order valence-electron chi connectivity index (χ2n) is 5.70. The Balaban J connectivity index is 2.41. The first-order chi connectivity index (χ1) is 10.2. The van der Waals surface area contributed by atoms with Crippen LogP contribution in [-0.2, 0) is 16.8 Å². The Morgan fingerprint density at radius 1 is 1.19 bits per heavy atom. The molecule has 0 amide bonds. The fraction of sp³-hybridized carbons (Fsp3) is 0.750. The summed E-state index contributed by atoms with van der Waals surface area (Å²) in [6, 6.07) is 0. The average Bonchev–Trinajstić information content (AvgIpc) is 2.54. The summed E-state index contributed by atoms with van der Waals surface area (Å²) in [4.78, 5) is 9.67. The van der Waals surface area contributed by atoms with E-state index in [1.165, 1.54) is 19.3 Å². The van der Waals surface area contributed by atoms with E-state index in [2.05, 4.69) is 41.8 Å². The number of nitrogens with zero attached hydrogens (tertiary/aromatic N) is 2. The van der Waals surface area contributed by atoms with E-state index >= 15 is 0 Å². The van der Waals surface area contributed by atoms with Crippen molar-refractivity contribution in [3.63, 3.8) is 0 Å². The molecule has 1 heterocycles. The molecule has 0 aliphatic heterocycles. The van der Waals surface area contributed by atoms with Gasteiger partial charge in [-0.15, -0.1) is 0 Å². The Hall–Kier alpha value is -0.430. The third kappa shape index (κ3) is 3.67. The van der Waals surface area contributed by atoms with Crippen molar-refractivity contribution in [1.29, 1.82) is 0 Å². The maximum Gasteiger partial charge on any atom is 0.162 e. The third-order valence-electron chi connectivity index (χ3n) is 4.26. The molecule has 0 radical (unpaired) electrons.